The Bertz CT molecular complexity index is 653. The van der Waals surface area contributed by atoms with Gasteiger partial charge in [0.1, 0.15) is 5.70 Å². The maximum Gasteiger partial charge on any atom is 0.296 e. The lowest BCUT2D eigenvalue weighted by Crippen LogP contribution is -2.37. The van der Waals surface area contributed by atoms with Crippen LogP contribution in [0.2, 0.25) is 10.0 Å². The number of likely N-dealkylation sites (N-methyl/N-ethyl adjacent to an activating group) is 1. The number of nitrogens with one attached hydrogen (secondary N) is 1. The monoisotopic (exact) mass is 311 g/mol. The molecule has 7 heteroatoms. The molecule has 0 aromatic heterocycles. The average Bonchev–Trinajstić information content (AvgIpc) is 2.62. The van der Waals surface area contributed by atoms with Crippen molar-refractivity contribution < 1.29 is 9.59 Å². The number of carbonyl (C=O) groups excluding carboxylic acids is 2. The van der Waals surface area contributed by atoms with Crippen LogP contribution < -0.4 is 5.32 Å². The first-order valence-electron chi connectivity index (χ1n) is 5.70. The number of benzene rings is 1. The molecule has 2 rings (SSSR count). The van der Waals surface area contributed by atoms with Crippen molar-refractivity contribution in [1.29, 1.82) is 0 Å². The molecule has 5 nitrogen and oxygen atoms in total. The van der Waals surface area contributed by atoms with E-state index in [-0.39, 0.29) is 11.9 Å². The first-order valence-corrected chi connectivity index (χ1v) is 6.46. The summed E-state index contributed by atoms with van der Waals surface area (Å²) in [6.45, 7) is 1.34. The second-order valence-electron chi connectivity index (χ2n) is 4.15. The smallest absolute Gasteiger partial charge is 0.296 e. The van der Waals surface area contributed by atoms with Crippen molar-refractivity contribution >= 4 is 47.1 Å². The highest BCUT2D eigenvalue weighted by atomic mass is 35.5. The van der Waals surface area contributed by atoms with E-state index in [0.717, 1.165) is 0 Å². The Labute approximate surface area is 125 Å². The minimum Gasteiger partial charge on any atom is -0.310 e. The first-order chi connectivity index (χ1) is 9.40. The van der Waals surface area contributed by atoms with Crippen molar-refractivity contribution in [2.45, 2.75) is 6.92 Å². The second-order valence-corrected chi connectivity index (χ2v) is 4.94. The standard InChI is InChI=1S/C13H11Cl2N3O2/c1-7(19)16-13-17-12(20)10(18(13)2)6-8-4-3-5-9(14)11(8)15/h3-6H,1-2H3,(H,16,17,19,20)/b10-6+. The van der Waals surface area contributed by atoms with Gasteiger partial charge in [-0.25, -0.2) is 0 Å². The SMILES string of the molecule is CC(=O)NC1=NC(=O)/C(=C\c2cccc(Cl)c2Cl)N1C. The number of guanidine groups is 1. The number of rotatable bonds is 1. The molecule has 0 radical (unpaired) electrons. The number of hydrogen-bond acceptors (Lipinski definition) is 3. The lowest BCUT2D eigenvalue weighted by Gasteiger charge is -2.15. The van der Waals surface area contributed by atoms with E-state index in [1.165, 1.54) is 11.8 Å². The van der Waals surface area contributed by atoms with E-state index in [1.54, 1.807) is 31.3 Å². The van der Waals surface area contributed by atoms with Gasteiger partial charge in [-0.1, -0.05) is 35.3 Å². The number of hydrogen-bond donors (Lipinski definition) is 1. The summed E-state index contributed by atoms with van der Waals surface area (Å²) in [6, 6.07) is 5.12. The molecule has 104 valence electrons. The normalized spacial score (nSPS) is 16.6. The van der Waals surface area contributed by atoms with Crippen LogP contribution in [0.5, 0.6) is 0 Å². The van der Waals surface area contributed by atoms with Crippen LogP contribution in [0.1, 0.15) is 12.5 Å². The molecule has 1 N–H and O–H groups in total. The molecular formula is C13H11Cl2N3O2. The van der Waals surface area contributed by atoms with Gasteiger partial charge >= 0.3 is 0 Å². The van der Waals surface area contributed by atoms with Gasteiger partial charge in [-0.2, -0.15) is 4.99 Å². The van der Waals surface area contributed by atoms with Crippen molar-refractivity contribution in [2.75, 3.05) is 7.05 Å². The summed E-state index contributed by atoms with van der Waals surface area (Å²) in [7, 11) is 1.63. The average molecular weight is 312 g/mol. The molecule has 1 aliphatic heterocycles. The third-order valence-corrected chi connectivity index (χ3v) is 3.50. The summed E-state index contributed by atoms with van der Waals surface area (Å²) in [5.74, 6) is -0.565. The molecule has 0 bridgehead atoms. The number of aliphatic imine (C=N–C) groups is 1. The van der Waals surface area contributed by atoms with Crippen LogP contribution in [-0.2, 0) is 9.59 Å². The van der Waals surface area contributed by atoms with Crippen LogP contribution in [0.15, 0.2) is 28.9 Å². The molecule has 0 fully saturated rings. The van der Waals surface area contributed by atoms with Gasteiger partial charge < -0.3 is 4.90 Å². The van der Waals surface area contributed by atoms with Gasteiger partial charge in [-0.15, -0.1) is 0 Å². The zero-order valence-corrected chi connectivity index (χ0v) is 12.3. The lowest BCUT2D eigenvalue weighted by atomic mass is 10.2. The van der Waals surface area contributed by atoms with Gasteiger partial charge in [0.05, 0.1) is 10.0 Å². The molecule has 0 saturated heterocycles. The summed E-state index contributed by atoms with van der Waals surface area (Å²) in [5.41, 5.74) is 0.909. The Kier molecular flexibility index (Phi) is 4.11. The van der Waals surface area contributed by atoms with Crippen LogP contribution in [-0.4, -0.2) is 29.7 Å². The second kappa shape index (κ2) is 5.64. The van der Waals surface area contributed by atoms with Crippen molar-refractivity contribution in [2.24, 2.45) is 4.99 Å². The van der Waals surface area contributed by atoms with Crippen molar-refractivity contribution in [1.82, 2.24) is 10.2 Å². The maximum atomic E-state index is 11.9. The fourth-order valence-electron chi connectivity index (χ4n) is 1.69. The van der Waals surface area contributed by atoms with E-state index in [9.17, 15) is 9.59 Å². The Morgan fingerprint density at radius 2 is 2.10 bits per heavy atom. The van der Waals surface area contributed by atoms with E-state index < -0.39 is 5.91 Å². The van der Waals surface area contributed by atoms with Gasteiger partial charge in [-0.3, -0.25) is 14.9 Å². The Balaban J connectivity index is 2.35. The third kappa shape index (κ3) is 2.84. The van der Waals surface area contributed by atoms with Gasteiger partial charge in [0.2, 0.25) is 11.9 Å². The largest absolute Gasteiger partial charge is 0.310 e. The highest BCUT2D eigenvalue weighted by Gasteiger charge is 2.27. The summed E-state index contributed by atoms with van der Waals surface area (Å²) in [4.78, 5) is 28.1. The molecule has 20 heavy (non-hydrogen) atoms. The number of nitrogens with zero attached hydrogens (tertiary/aromatic N) is 2. The summed E-state index contributed by atoms with van der Waals surface area (Å²) < 4.78 is 0. The molecule has 0 saturated carbocycles. The molecule has 1 aromatic carbocycles. The fourth-order valence-corrected chi connectivity index (χ4v) is 2.06. The zero-order chi connectivity index (χ0) is 14.9. The molecule has 0 unspecified atom stereocenters. The highest BCUT2D eigenvalue weighted by molar-refractivity contribution is 6.43. The van der Waals surface area contributed by atoms with E-state index in [0.29, 0.717) is 21.3 Å². The summed E-state index contributed by atoms with van der Waals surface area (Å²) in [5, 5.41) is 3.24. The van der Waals surface area contributed by atoms with Gasteiger partial charge in [0, 0.05) is 14.0 Å². The number of halogens is 2. The van der Waals surface area contributed by atoms with Crippen LogP contribution >= 0.6 is 23.2 Å². The molecule has 0 spiro atoms. The minimum absolute atomic E-state index is 0.187. The number of carbonyl (C=O) groups is 2. The van der Waals surface area contributed by atoms with Crippen molar-refractivity contribution in [3.8, 4) is 0 Å². The van der Waals surface area contributed by atoms with E-state index >= 15 is 0 Å². The molecule has 2 amide bonds. The quantitative estimate of drug-likeness (QED) is 0.809. The van der Waals surface area contributed by atoms with E-state index in [1.807, 2.05) is 0 Å². The number of amides is 2. The highest BCUT2D eigenvalue weighted by Crippen LogP contribution is 2.28. The predicted octanol–water partition coefficient (Wildman–Crippen LogP) is 2.30. The van der Waals surface area contributed by atoms with Crippen LogP contribution in [0.25, 0.3) is 6.08 Å². The van der Waals surface area contributed by atoms with Crippen LogP contribution in [0.3, 0.4) is 0 Å². The van der Waals surface area contributed by atoms with Gasteiger partial charge in [0.15, 0.2) is 0 Å². The Morgan fingerprint density at radius 1 is 1.40 bits per heavy atom. The van der Waals surface area contributed by atoms with E-state index in [4.69, 9.17) is 23.2 Å². The van der Waals surface area contributed by atoms with Crippen LogP contribution in [0, 0.1) is 0 Å². The summed E-state index contributed by atoms with van der Waals surface area (Å²) in [6.07, 6.45) is 1.58. The molecule has 0 aliphatic carbocycles. The molecule has 1 aromatic rings. The lowest BCUT2D eigenvalue weighted by molar-refractivity contribution is -0.117. The third-order valence-electron chi connectivity index (χ3n) is 2.67. The van der Waals surface area contributed by atoms with Gasteiger partial charge in [-0.05, 0) is 17.7 Å². The van der Waals surface area contributed by atoms with Gasteiger partial charge in [0.25, 0.3) is 5.91 Å². The molecular weight excluding hydrogens is 301 g/mol. The van der Waals surface area contributed by atoms with Crippen molar-refractivity contribution in [3.05, 3.63) is 39.5 Å². The molecule has 0 atom stereocenters. The topological polar surface area (TPSA) is 61.8 Å². The zero-order valence-electron chi connectivity index (χ0n) is 10.8. The van der Waals surface area contributed by atoms with Crippen LogP contribution in [0.4, 0.5) is 0 Å². The Hall–Kier alpha value is -1.85. The van der Waals surface area contributed by atoms with Crippen molar-refractivity contribution in [3.63, 3.8) is 0 Å². The summed E-state index contributed by atoms with van der Waals surface area (Å²) >= 11 is 12.0. The Morgan fingerprint density at radius 3 is 2.75 bits per heavy atom. The predicted molar refractivity (Wildman–Crippen MR) is 78.5 cm³/mol. The fraction of sp³-hybridized carbons (Fsp3) is 0.154. The van der Waals surface area contributed by atoms with E-state index in [2.05, 4.69) is 10.3 Å². The minimum atomic E-state index is -0.452. The maximum absolute atomic E-state index is 11.9. The first kappa shape index (κ1) is 14.6. The molecule has 1 aliphatic rings. The molecule has 1 heterocycles.